The van der Waals surface area contributed by atoms with Gasteiger partial charge in [0, 0.05) is 17.2 Å². The molecule has 0 unspecified atom stereocenters. The minimum atomic E-state index is 0.570. The predicted octanol–water partition coefficient (Wildman–Crippen LogP) is 3.55. The maximum atomic E-state index is 5.97. The van der Waals surface area contributed by atoms with Gasteiger partial charge in [-0.3, -0.25) is 4.68 Å². The summed E-state index contributed by atoms with van der Waals surface area (Å²) >= 11 is 5.97. The molecule has 0 spiro atoms. The topological polar surface area (TPSA) is 17.8 Å². The molecule has 1 aliphatic carbocycles. The molecule has 1 aromatic carbocycles. The van der Waals surface area contributed by atoms with E-state index in [0.29, 0.717) is 11.8 Å². The van der Waals surface area contributed by atoms with Crippen LogP contribution in [-0.2, 0) is 12.4 Å². The van der Waals surface area contributed by atoms with E-state index in [1.807, 2.05) is 12.3 Å². The zero-order valence-electron chi connectivity index (χ0n) is 9.64. The summed E-state index contributed by atoms with van der Waals surface area (Å²) in [5.41, 5.74) is 3.84. The summed E-state index contributed by atoms with van der Waals surface area (Å²) in [4.78, 5) is 0. The first-order valence-corrected chi connectivity index (χ1v) is 6.56. The third-order valence-corrected chi connectivity index (χ3v) is 3.53. The van der Waals surface area contributed by atoms with Crippen LogP contribution in [0.5, 0.6) is 0 Å². The van der Waals surface area contributed by atoms with Crippen LogP contribution in [0.15, 0.2) is 36.5 Å². The Morgan fingerprint density at radius 2 is 2.00 bits per heavy atom. The normalized spacial score (nSPS) is 15.1. The van der Waals surface area contributed by atoms with Gasteiger partial charge in [-0.05, 0) is 18.4 Å². The van der Waals surface area contributed by atoms with Crippen molar-refractivity contribution in [2.45, 2.75) is 31.2 Å². The number of hydrogen-bond donors (Lipinski definition) is 0. The van der Waals surface area contributed by atoms with Crippen molar-refractivity contribution in [3.8, 4) is 0 Å². The van der Waals surface area contributed by atoms with Gasteiger partial charge in [0.25, 0.3) is 0 Å². The molecule has 88 valence electrons. The van der Waals surface area contributed by atoms with Crippen molar-refractivity contribution >= 4 is 11.6 Å². The van der Waals surface area contributed by atoms with Gasteiger partial charge in [0.15, 0.2) is 0 Å². The van der Waals surface area contributed by atoms with Gasteiger partial charge in [-0.1, -0.05) is 30.3 Å². The van der Waals surface area contributed by atoms with Crippen molar-refractivity contribution in [1.29, 1.82) is 0 Å². The Hall–Kier alpha value is -1.28. The second-order valence-electron chi connectivity index (χ2n) is 4.61. The van der Waals surface area contributed by atoms with Gasteiger partial charge in [-0.2, -0.15) is 5.10 Å². The lowest BCUT2D eigenvalue weighted by atomic mass is 10.2. The molecule has 3 rings (SSSR count). The van der Waals surface area contributed by atoms with Crippen LogP contribution in [0, 0.1) is 0 Å². The van der Waals surface area contributed by atoms with Gasteiger partial charge in [-0.15, -0.1) is 11.6 Å². The van der Waals surface area contributed by atoms with E-state index in [4.69, 9.17) is 11.6 Å². The number of hydrogen-bond acceptors (Lipinski definition) is 1. The van der Waals surface area contributed by atoms with Crippen LogP contribution >= 0.6 is 11.6 Å². The molecule has 17 heavy (non-hydrogen) atoms. The molecule has 0 saturated heterocycles. The molecule has 0 aliphatic heterocycles. The smallest absolute Gasteiger partial charge is 0.0662 e. The monoisotopic (exact) mass is 246 g/mol. The third kappa shape index (κ3) is 2.22. The molecule has 1 heterocycles. The molecular weight excluding hydrogens is 232 g/mol. The number of benzene rings is 1. The fourth-order valence-corrected chi connectivity index (χ4v) is 2.45. The first-order chi connectivity index (χ1) is 8.38. The quantitative estimate of drug-likeness (QED) is 0.755. The molecule has 1 saturated carbocycles. The standard InChI is InChI=1S/C14H15ClN2/c15-8-13-9-16-17(14(13)12-6-7-12)10-11-4-2-1-3-5-11/h1-5,9,12H,6-8,10H2. The molecule has 0 N–H and O–H groups in total. The van der Waals surface area contributed by atoms with E-state index in [-0.39, 0.29) is 0 Å². The summed E-state index contributed by atoms with van der Waals surface area (Å²) in [5, 5.41) is 4.48. The number of rotatable bonds is 4. The number of alkyl halides is 1. The highest BCUT2D eigenvalue weighted by Gasteiger charge is 2.29. The van der Waals surface area contributed by atoms with Crippen LogP contribution < -0.4 is 0 Å². The molecule has 2 aromatic rings. The molecule has 0 bridgehead atoms. The maximum absolute atomic E-state index is 5.97. The van der Waals surface area contributed by atoms with Crippen LogP contribution in [0.25, 0.3) is 0 Å². The van der Waals surface area contributed by atoms with Gasteiger partial charge in [0.1, 0.15) is 0 Å². The van der Waals surface area contributed by atoms with Gasteiger partial charge in [0.05, 0.1) is 18.6 Å². The van der Waals surface area contributed by atoms with Crippen molar-refractivity contribution in [2.75, 3.05) is 0 Å². The van der Waals surface area contributed by atoms with E-state index >= 15 is 0 Å². The van der Waals surface area contributed by atoms with Crippen LogP contribution in [0.1, 0.15) is 35.6 Å². The summed E-state index contributed by atoms with van der Waals surface area (Å²) in [7, 11) is 0. The molecule has 3 heteroatoms. The zero-order valence-corrected chi connectivity index (χ0v) is 10.4. The Morgan fingerprint density at radius 3 is 2.65 bits per heavy atom. The lowest BCUT2D eigenvalue weighted by Gasteiger charge is -2.08. The molecule has 0 amide bonds. The highest BCUT2D eigenvalue weighted by atomic mass is 35.5. The largest absolute Gasteiger partial charge is 0.265 e. The Balaban J connectivity index is 1.90. The highest BCUT2D eigenvalue weighted by Crippen LogP contribution is 2.42. The molecular formula is C14H15ClN2. The maximum Gasteiger partial charge on any atom is 0.0662 e. The van der Waals surface area contributed by atoms with Crippen molar-refractivity contribution in [3.05, 3.63) is 53.3 Å². The van der Waals surface area contributed by atoms with Crippen molar-refractivity contribution in [2.24, 2.45) is 0 Å². The van der Waals surface area contributed by atoms with Gasteiger partial charge in [0.2, 0.25) is 0 Å². The van der Waals surface area contributed by atoms with E-state index in [2.05, 4.69) is 34.0 Å². The fraction of sp³-hybridized carbons (Fsp3) is 0.357. The van der Waals surface area contributed by atoms with Gasteiger partial charge in [-0.25, -0.2) is 0 Å². The van der Waals surface area contributed by atoms with E-state index in [0.717, 1.165) is 6.54 Å². The highest BCUT2D eigenvalue weighted by molar-refractivity contribution is 6.17. The van der Waals surface area contributed by atoms with Gasteiger partial charge < -0.3 is 0 Å². The summed E-state index contributed by atoms with van der Waals surface area (Å²) in [6.07, 6.45) is 4.48. The van der Waals surface area contributed by atoms with Crippen LogP contribution in [-0.4, -0.2) is 9.78 Å². The average Bonchev–Trinajstić information content (AvgIpc) is 3.13. The van der Waals surface area contributed by atoms with E-state index in [1.54, 1.807) is 0 Å². The van der Waals surface area contributed by atoms with Crippen molar-refractivity contribution in [3.63, 3.8) is 0 Å². The number of halogens is 1. The van der Waals surface area contributed by atoms with E-state index in [9.17, 15) is 0 Å². The molecule has 0 atom stereocenters. The first-order valence-electron chi connectivity index (χ1n) is 6.03. The molecule has 0 radical (unpaired) electrons. The third-order valence-electron chi connectivity index (χ3n) is 3.24. The minimum absolute atomic E-state index is 0.570. The average molecular weight is 247 g/mol. The molecule has 1 fully saturated rings. The second-order valence-corrected chi connectivity index (χ2v) is 4.87. The van der Waals surface area contributed by atoms with E-state index in [1.165, 1.54) is 29.7 Å². The lowest BCUT2D eigenvalue weighted by Crippen LogP contribution is -2.06. The number of nitrogens with zero attached hydrogens (tertiary/aromatic N) is 2. The fourth-order valence-electron chi connectivity index (χ4n) is 2.25. The van der Waals surface area contributed by atoms with Crippen LogP contribution in [0.2, 0.25) is 0 Å². The molecule has 1 aliphatic rings. The first kappa shape index (κ1) is 10.8. The second kappa shape index (κ2) is 4.53. The summed E-state index contributed by atoms with van der Waals surface area (Å²) < 4.78 is 2.12. The Morgan fingerprint density at radius 1 is 1.24 bits per heavy atom. The SMILES string of the molecule is ClCc1cnn(Cc2ccccc2)c1C1CC1. The Kier molecular flexibility index (Phi) is 2.89. The molecule has 1 aromatic heterocycles. The van der Waals surface area contributed by atoms with Gasteiger partial charge >= 0.3 is 0 Å². The Bertz CT molecular complexity index is 500. The van der Waals surface area contributed by atoms with Crippen molar-refractivity contribution < 1.29 is 0 Å². The minimum Gasteiger partial charge on any atom is -0.265 e. The zero-order chi connectivity index (χ0) is 11.7. The van der Waals surface area contributed by atoms with Crippen molar-refractivity contribution in [1.82, 2.24) is 9.78 Å². The van der Waals surface area contributed by atoms with Crippen LogP contribution in [0.3, 0.4) is 0 Å². The van der Waals surface area contributed by atoms with E-state index < -0.39 is 0 Å². The lowest BCUT2D eigenvalue weighted by molar-refractivity contribution is 0.645. The summed E-state index contributed by atoms with van der Waals surface area (Å²) in [6.45, 7) is 0.851. The Labute approximate surface area is 106 Å². The number of aromatic nitrogens is 2. The predicted molar refractivity (Wildman–Crippen MR) is 69.3 cm³/mol. The summed E-state index contributed by atoms with van der Waals surface area (Å²) in [5.74, 6) is 1.26. The summed E-state index contributed by atoms with van der Waals surface area (Å²) in [6, 6.07) is 10.5. The van der Waals surface area contributed by atoms with Crippen LogP contribution in [0.4, 0.5) is 0 Å². The molecule has 2 nitrogen and oxygen atoms in total.